The van der Waals surface area contributed by atoms with Gasteiger partial charge in [-0.2, -0.15) is 0 Å². The van der Waals surface area contributed by atoms with Gasteiger partial charge in [0.1, 0.15) is 4.32 Å². The molecule has 0 fully saturated rings. The molecule has 0 aromatic heterocycles. The second-order valence-electron chi connectivity index (χ2n) is 0.889. The Hall–Kier alpha value is 1.34. The highest BCUT2D eigenvalue weighted by Gasteiger charge is 2.05. The predicted molar refractivity (Wildman–Crippen MR) is 44.0 cm³/mol. The van der Waals surface area contributed by atoms with Crippen molar-refractivity contribution < 1.29 is 0 Å². The highest BCUT2D eigenvalue weighted by molar-refractivity contribution is 8.34. The van der Waals surface area contributed by atoms with E-state index in [0.29, 0.717) is 0 Å². The van der Waals surface area contributed by atoms with Crippen molar-refractivity contribution in [2.75, 3.05) is 0 Å². The van der Waals surface area contributed by atoms with Crippen molar-refractivity contribution in [3.8, 4) is 0 Å². The molecule has 1 atom stereocenters. The summed E-state index contributed by atoms with van der Waals surface area (Å²) in [6.07, 6.45) is 0. The summed E-state index contributed by atoms with van der Waals surface area (Å²) in [6.45, 7) is 0. The lowest BCUT2D eigenvalue weighted by atomic mass is 10.9. The van der Waals surface area contributed by atoms with Crippen molar-refractivity contribution in [2.45, 2.75) is 4.84 Å². The Morgan fingerprint density at radius 1 is 1.50 bits per heavy atom. The van der Waals surface area contributed by atoms with E-state index in [1.54, 1.807) is 0 Å². The minimum atomic E-state index is -1.000. The van der Waals surface area contributed by atoms with Gasteiger partial charge in [0.2, 0.25) is 0 Å². The first kappa shape index (κ1) is 9.34. The van der Waals surface area contributed by atoms with Crippen LogP contribution < -0.4 is 5.14 Å². The first-order chi connectivity index (χ1) is 3.55. The van der Waals surface area contributed by atoms with Gasteiger partial charge in [-0.3, -0.25) is 5.14 Å². The van der Waals surface area contributed by atoms with Crippen LogP contribution in [-0.4, -0.2) is 9.16 Å². The van der Waals surface area contributed by atoms with Gasteiger partial charge in [-0.25, -0.2) is 0 Å². The van der Waals surface area contributed by atoms with Crippen LogP contribution in [0.5, 0.6) is 0 Å². The van der Waals surface area contributed by atoms with Gasteiger partial charge < -0.3 is 0 Å². The van der Waals surface area contributed by atoms with Crippen molar-refractivity contribution in [3.05, 3.63) is 0 Å². The summed E-state index contributed by atoms with van der Waals surface area (Å²) in [7, 11) is 4.29. The molecule has 1 nitrogen and oxygen atoms in total. The fourth-order valence-electron chi connectivity index (χ4n) is 0.0851. The normalized spacial score (nSPS) is 16.5. The Morgan fingerprint density at radius 2 is 1.88 bits per heavy atom. The van der Waals surface area contributed by atoms with Gasteiger partial charge in [0.25, 0.3) is 0 Å². The zero-order valence-electron chi connectivity index (χ0n) is 3.57. The highest BCUT2D eigenvalue weighted by atomic mass is 35.7. The van der Waals surface area contributed by atoms with Gasteiger partial charge in [-0.05, 0) is 20.6 Å². The summed E-state index contributed by atoms with van der Waals surface area (Å²) >= 11 is 15.9. The SMILES string of the molecule is N/S(Cl)=C(\Cl)C(Cl)Cl. The Labute approximate surface area is 69.6 Å². The fourth-order valence-corrected chi connectivity index (χ4v) is 1.37. The fraction of sp³-hybridized carbons (Fsp3) is 0.500. The van der Waals surface area contributed by atoms with Crippen molar-refractivity contribution in [2.24, 2.45) is 5.14 Å². The van der Waals surface area contributed by atoms with E-state index in [2.05, 4.69) is 0 Å². The molecule has 0 aromatic rings. The lowest BCUT2D eigenvalue weighted by molar-refractivity contribution is 1.86. The minimum Gasteiger partial charge on any atom is -0.270 e. The van der Waals surface area contributed by atoms with Gasteiger partial charge in [0.05, 0.1) is 0 Å². The van der Waals surface area contributed by atoms with Crippen LogP contribution >= 0.6 is 55.4 Å². The molecule has 2 N–H and O–H groups in total. The molecular formula is C2H3Cl4NS. The number of hydrogen-bond acceptors (Lipinski definition) is 1. The standard InChI is InChI=1S/C2H3Cl4NS/c3-1(4)2(5)8(6)7/h1H,7H2. The predicted octanol–water partition coefficient (Wildman–Crippen LogP) is 2.46. The van der Waals surface area contributed by atoms with Gasteiger partial charge in [-0.15, -0.1) is 0 Å². The van der Waals surface area contributed by atoms with E-state index in [-0.39, 0.29) is 4.32 Å². The van der Waals surface area contributed by atoms with E-state index in [0.717, 1.165) is 0 Å². The van der Waals surface area contributed by atoms with Gasteiger partial charge >= 0.3 is 0 Å². The quantitative estimate of drug-likeness (QED) is 0.405. The Bertz CT molecular complexity index is 107. The molecule has 0 amide bonds. The molecule has 0 saturated heterocycles. The summed E-state index contributed by atoms with van der Waals surface area (Å²) in [5.74, 6) is 0. The summed E-state index contributed by atoms with van der Waals surface area (Å²) in [6, 6.07) is 0. The monoisotopic (exact) mass is 213 g/mol. The maximum atomic E-state index is 5.36. The van der Waals surface area contributed by atoms with Crippen LogP contribution in [0.15, 0.2) is 0 Å². The third-order valence-corrected chi connectivity index (χ3v) is 3.34. The molecule has 0 aromatic carbocycles. The number of nitrogens with two attached hydrogens (primary N) is 1. The molecule has 1 unspecified atom stereocenters. The van der Waals surface area contributed by atoms with Crippen LogP contribution in [0, 0.1) is 0 Å². The van der Waals surface area contributed by atoms with Crippen molar-refractivity contribution >= 4 is 59.7 Å². The first-order valence-electron chi connectivity index (χ1n) is 1.51. The van der Waals surface area contributed by atoms with Crippen LogP contribution in [0.4, 0.5) is 0 Å². The molecule has 50 valence electrons. The van der Waals surface area contributed by atoms with E-state index < -0.39 is 14.7 Å². The Balaban J connectivity index is 4.00. The van der Waals surface area contributed by atoms with Crippen molar-refractivity contribution in [1.82, 2.24) is 0 Å². The van der Waals surface area contributed by atoms with Crippen LogP contribution in [0.2, 0.25) is 0 Å². The zero-order valence-corrected chi connectivity index (χ0v) is 7.42. The third-order valence-electron chi connectivity index (χ3n) is 0.358. The van der Waals surface area contributed by atoms with Gasteiger partial charge in [0.15, 0.2) is 4.84 Å². The van der Waals surface area contributed by atoms with E-state index in [4.69, 9.17) is 50.6 Å². The summed E-state index contributed by atoms with van der Waals surface area (Å²) < 4.78 is 0.176. The van der Waals surface area contributed by atoms with E-state index in [1.165, 1.54) is 0 Å². The molecule has 0 radical (unpaired) electrons. The average Bonchev–Trinajstić information content (AvgIpc) is 1.64. The number of rotatable bonds is 1. The molecule has 0 saturated carbocycles. The van der Waals surface area contributed by atoms with Gasteiger partial charge in [-0.1, -0.05) is 34.8 Å². The summed E-state index contributed by atoms with van der Waals surface area (Å²) in [4.78, 5) is -0.775. The molecule has 6 heteroatoms. The van der Waals surface area contributed by atoms with Crippen LogP contribution in [-0.2, 0) is 0 Å². The Kier molecular flexibility index (Phi) is 4.91. The largest absolute Gasteiger partial charge is 0.270 e. The molecule has 0 rings (SSSR count). The second-order valence-corrected chi connectivity index (χ2v) is 4.62. The van der Waals surface area contributed by atoms with Crippen LogP contribution in [0.1, 0.15) is 0 Å². The molecule has 0 bridgehead atoms. The summed E-state index contributed by atoms with van der Waals surface area (Å²) in [5, 5.41) is 5.09. The number of alkyl halides is 2. The highest BCUT2D eigenvalue weighted by Crippen LogP contribution is 2.20. The van der Waals surface area contributed by atoms with Crippen LogP contribution in [0.25, 0.3) is 0 Å². The molecule has 8 heavy (non-hydrogen) atoms. The lowest BCUT2D eigenvalue weighted by Crippen LogP contribution is -2.00. The zero-order chi connectivity index (χ0) is 6.73. The van der Waals surface area contributed by atoms with Gasteiger partial charge in [0, 0.05) is 0 Å². The van der Waals surface area contributed by atoms with E-state index in [1.807, 2.05) is 0 Å². The summed E-state index contributed by atoms with van der Waals surface area (Å²) in [5.41, 5.74) is 0. The molecule has 0 aliphatic rings. The first-order valence-corrected chi connectivity index (χ1v) is 4.87. The smallest absolute Gasteiger partial charge is 0.150 e. The molecule has 0 heterocycles. The van der Waals surface area contributed by atoms with Crippen molar-refractivity contribution in [3.63, 3.8) is 0 Å². The van der Waals surface area contributed by atoms with E-state index >= 15 is 0 Å². The maximum absolute atomic E-state index is 5.36. The molecule has 0 aliphatic carbocycles. The van der Waals surface area contributed by atoms with Crippen molar-refractivity contribution in [1.29, 1.82) is 0 Å². The topological polar surface area (TPSA) is 26.0 Å². The average molecular weight is 215 g/mol. The van der Waals surface area contributed by atoms with Crippen LogP contribution in [0.3, 0.4) is 0 Å². The second kappa shape index (κ2) is 4.20. The van der Waals surface area contributed by atoms with E-state index in [9.17, 15) is 0 Å². The lowest BCUT2D eigenvalue weighted by Gasteiger charge is -1.97. The minimum absolute atomic E-state index is 0.176. The maximum Gasteiger partial charge on any atom is 0.150 e. The molecule has 0 spiro atoms. The third kappa shape index (κ3) is 3.38. The Morgan fingerprint density at radius 3 is 1.88 bits per heavy atom. The number of halogens is 4. The number of hydrogen-bond donors (Lipinski definition) is 1. The molecular weight excluding hydrogens is 212 g/mol. The molecule has 0 aliphatic heterocycles.